The molecule has 1 aliphatic heterocycles. The van der Waals surface area contributed by atoms with Gasteiger partial charge in [-0.25, -0.2) is 0 Å². The maximum Gasteiger partial charge on any atom is 0.156 e. The zero-order chi connectivity index (χ0) is 12.1. The smallest absolute Gasteiger partial charge is 0.156 e. The first-order chi connectivity index (χ1) is 8.29. The third-order valence-corrected chi connectivity index (χ3v) is 5.35. The molecule has 3 heteroatoms. The summed E-state index contributed by atoms with van der Waals surface area (Å²) in [6.07, 6.45) is 8.27. The maximum atomic E-state index is 4.61. The van der Waals surface area contributed by atoms with Crippen molar-refractivity contribution in [3.05, 3.63) is 0 Å². The first-order valence-corrected chi connectivity index (χ1v) is 8.12. The van der Waals surface area contributed by atoms with Crippen molar-refractivity contribution in [2.75, 3.05) is 13.1 Å². The van der Waals surface area contributed by atoms with Crippen LogP contribution in [0.25, 0.3) is 0 Å². The van der Waals surface area contributed by atoms with Gasteiger partial charge in [0.25, 0.3) is 0 Å². The number of rotatable bonds is 4. The first-order valence-electron chi connectivity index (χ1n) is 7.24. The molecule has 1 N–H and O–H groups in total. The molecule has 2 nitrogen and oxygen atoms in total. The molecule has 0 amide bonds. The van der Waals surface area contributed by atoms with Crippen LogP contribution in [0.4, 0.5) is 0 Å². The molecule has 3 atom stereocenters. The zero-order valence-electron chi connectivity index (χ0n) is 11.2. The molecule has 17 heavy (non-hydrogen) atoms. The van der Waals surface area contributed by atoms with E-state index in [0.29, 0.717) is 0 Å². The summed E-state index contributed by atoms with van der Waals surface area (Å²) in [6.45, 7) is 6.84. The Bertz CT molecular complexity index is 265. The number of nitrogens with zero attached hydrogens (tertiary/aromatic N) is 1. The molecule has 1 fully saturated rings. The average Bonchev–Trinajstić information content (AvgIpc) is 2.76. The van der Waals surface area contributed by atoms with E-state index in [0.717, 1.165) is 30.2 Å². The van der Waals surface area contributed by atoms with Crippen molar-refractivity contribution in [3.63, 3.8) is 0 Å². The molecule has 0 aromatic carbocycles. The Morgan fingerprint density at radius 1 is 1.35 bits per heavy atom. The molecule has 0 radical (unpaired) electrons. The van der Waals surface area contributed by atoms with Crippen LogP contribution in [0.1, 0.15) is 52.4 Å². The third kappa shape index (κ3) is 3.90. The highest BCUT2D eigenvalue weighted by Crippen LogP contribution is 2.29. The van der Waals surface area contributed by atoms with Gasteiger partial charge in [0.2, 0.25) is 0 Å². The molecular formula is C14H26N2S. The van der Waals surface area contributed by atoms with Crippen molar-refractivity contribution in [3.8, 4) is 0 Å². The fourth-order valence-corrected chi connectivity index (χ4v) is 4.04. The van der Waals surface area contributed by atoms with Crippen molar-refractivity contribution in [1.29, 1.82) is 0 Å². The highest BCUT2D eigenvalue weighted by atomic mass is 32.2. The second-order valence-electron chi connectivity index (χ2n) is 5.58. The van der Waals surface area contributed by atoms with Crippen LogP contribution in [-0.4, -0.2) is 23.5 Å². The molecule has 2 rings (SSSR count). The summed E-state index contributed by atoms with van der Waals surface area (Å²) in [4.78, 5) is 4.61. The highest BCUT2D eigenvalue weighted by molar-refractivity contribution is 8.14. The van der Waals surface area contributed by atoms with Gasteiger partial charge >= 0.3 is 0 Å². The molecule has 1 saturated carbocycles. The Labute approximate surface area is 110 Å². The van der Waals surface area contributed by atoms with Crippen molar-refractivity contribution < 1.29 is 0 Å². The molecule has 0 aromatic heterocycles. The number of nitrogens with one attached hydrogen (secondary N) is 1. The summed E-state index contributed by atoms with van der Waals surface area (Å²) in [7, 11) is 0. The van der Waals surface area contributed by atoms with Crippen LogP contribution in [0.5, 0.6) is 0 Å². The maximum absolute atomic E-state index is 4.61. The molecule has 0 spiro atoms. The summed E-state index contributed by atoms with van der Waals surface area (Å²) in [5.41, 5.74) is 0. The predicted octanol–water partition coefficient (Wildman–Crippen LogP) is 3.67. The van der Waals surface area contributed by atoms with Crippen LogP contribution in [-0.2, 0) is 0 Å². The van der Waals surface area contributed by atoms with Gasteiger partial charge in [0, 0.05) is 11.8 Å². The molecular weight excluding hydrogens is 228 g/mol. The van der Waals surface area contributed by atoms with Crippen LogP contribution < -0.4 is 5.32 Å². The van der Waals surface area contributed by atoms with Gasteiger partial charge in [0.05, 0.1) is 6.54 Å². The largest absolute Gasteiger partial charge is 0.365 e. The van der Waals surface area contributed by atoms with Crippen LogP contribution in [0.15, 0.2) is 4.99 Å². The predicted molar refractivity (Wildman–Crippen MR) is 77.7 cm³/mol. The molecule has 1 heterocycles. The topological polar surface area (TPSA) is 24.4 Å². The van der Waals surface area contributed by atoms with Crippen molar-refractivity contribution >= 4 is 16.9 Å². The van der Waals surface area contributed by atoms with E-state index in [1.54, 1.807) is 0 Å². The van der Waals surface area contributed by atoms with E-state index in [4.69, 9.17) is 0 Å². The monoisotopic (exact) mass is 254 g/mol. The zero-order valence-corrected chi connectivity index (χ0v) is 12.1. The lowest BCUT2D eigenvalue weighted by atomic mass is 9.80. The summed E-state index contributed by atoms with van der Waals surface area (Å²) in [5, 5.41) is 5.53. The van der Waals surface area contributed by atoms with Crippen LogP contribution in [0.2, 0.25) is 0 Å². The number of aliphatic imine (C=N–C) groups is 1. The fraction of sp³-hybridized carbons (Fsp3) is 0.929. The Morgan fingerprint density at radius 3 is 2.94 bits per heavy atom. The number of hydrogen-bond donors (Lipinski definition) is 1. The molecule has 3 unspecified atom stereocenters. The lowest BCUT2D eigenvalue weighted by molar-refractivity contribution is 0.257. The van der Waals surface area contributed by atoms with Crippen LogP contribution >= 0.6 is 11.8 Å². The van der Waals surface area contributed by atoms with Gasteiger partial charge in [0.1, 0.15) is 0 Å². The summed E-state index contributed by atoms with van der Waals surface area (Å²) >= 11 is 1.96. The van der Waals surface area contributed by atoms with Gasteiger partial charge in [-0.1, -0.05) is 51.3 Å². The normalized spacial score (nSPS) is 33.5. The molecule has 0 bridgehead atoms. The minimum Gasteiger partial charge on any atom is -0.365 e. The standard InChI is InChI=1S/C14H26N2S/c1-3-6-13-10-16-14(17-13)15-9-12-8-5-4-7-11(12)2/h11-13H,3-10H2,1-2H3,(H,15,16). The van der Waals surface area contributed by atoms with Gasteiger partial charge in [-0.3, -0.25) is 4.99 Å². The second-order valence-corrected chi connectivity index (χ2v) is 6.87. The quantitative estimate of drug-likeness (QED) is 0.827. The van der Waals surface area contributed by atoms with Crippen molar-refractivity contribution in [2.24, 2.45) is 16.8 Å². The van der Waals surface area contributed by atoms with Crippen molar-refractivity contribution in [2.45, 2.75) is 57.6 Å². The second kappa shape index (κ2) is 6.67. The SMILES string of the molecule is CCCC1CN=C(NCC2CCCCC2C)S1. The number of thioether (sulfide) groups is 1. The van der Waals surface area contributed by atoms with E-state index >= 15 is 0 Å². The van der Waals surface area contributed by atoms with E-state index in [1.165, 1.54) is 43.7 Å². The van der Waals surface area contributed by atoms with Crippen LogP contribution in [0, 0.1) is 11.8 Å². The Morgan fingerprint density at radius 2 is 2.18 bits per heavy atom. The lowest BCUT2D eigenvalue weighted by Gasteiger charge is -2.29. The minimum absolute atomic E-state index is 0.742. The van der Waals surface area contributed by atoms with E-state index < -0.39 is 0 Å². The Kier molecular flexibility index (Phi) is 5.20. The fourth-order valence-electron chi connectivity index (χ4n) is 2.90. The van der Waals surface area contributed by atoms with Gasteiger partial charge in [-0.2, -0.15) is 0 Å². The summed E-state index contributed by atoms with van der Waals surface area (Å²) < 4.78 is 0. The molecule has 0 saturated heterocycles. The van der Waals surface area contributed by atoms with Gasteiger partial charge in [0.15, 0.2) is 5.17 Å². The molecule has 2 aliphatic rings. The third-order valence-electron chi connectivity index (χ3n) is 4.13. The van der Waals surface area contributed by atoms with E-state index in [9.17, 15) is 0 Å². The van der Waals surface area contributed by atoms with Gasteiger partial charge < -0.3 is 5.32 Å². The van der Waals surface area contributed by atoms with Crippen LogP contribution in [0.3, 0.4) is 0 Å². The Hall–Kier alpha value is -0.180. The minimum atomic E-state index is 0.742. The lowest BCUT2D eigenvalue weighted by Crippen LogP contribution is -2.31. The van der Waals surface area contributed by atoms with E-state index in [1.807, 2.05) is 11.8 Å². The number of hydrogen-bond acceptors (Lipinski definition) is 3. The highest BCUT2D eigenvalue weighted by Gasteiger charge is 2.23. The molecule has 1 aliphatic carbocycles. The number of amidine groups is 1. The Balaban J connectivity index is 1.68. The summed E-state index contributed by atoms with van der Waals surface area (Å²) in [5.74, 6) is 1.77. The first kappa shape index (κ1) is 13.3. The van der Waals surface area contributed by atoms with E-state index in [-0.39, 0.29) is 0 Å². The van der Waals surface area contributed by atoms with Gasteiger partial charge in [-0.05, 0) is 24.7 Å². The van der Waals surface area contributed by atoms with E-state index in [2.05, 4.69) is 24.2 Å². The van der Waals surface area contributed by atoms with Crippen molar-refractivity contribution in [1.82, 2.24) is 5.32 Å². The molecule has 0 aromatic rings. The average molecular weight is 254 g/mol. The summed E-state index contributed by atoms with van der Waals surface area (Å²) in [6, 6.07) is 0. The van der Waals surface area contributed by atoms with Gasteiger partial charge in [-0.15, -0.1) is 0 Å². The molecule has 98 valence electrons.